The third-order valence-electron chi connectivity index (χ3n) is 4.22. The summed E-state index contributed by atoms with van der Waals surface area (Å²) in [6, 6.07) is 1.89. The summed E-state index contributed by atoms with van der Waals surface area (Å²) in [5, 5.41) is 17.4. The minimum Gasteiger partial charge on any atom is -0.444 e. The zero-order valence-electron chi connectivity index (χ0n) is 15.3. The zero-order chi connectivity index (χ0) is 19.7. The van der Waals surface area contributed by atoms with Crippen LogP contribution in [-0.4, -0.2) is 49.6 Å². The van der Waals surface area contributed by atoms with E-state index in [0.29, 0.717) is 24.7 Å². The summed E-state index contributed by atoms with van der Waals surface area (Å²) in [6.07, 6.45) is 4.76. The van der Waals surface area contributed by atoms with Crippen molar-refractivity contribution in [2.45, 2.75) is 38.5 Å². The fraction of sp³-hybridized carbons (Fsp3) is 0.412. The van der Waals surface area contributed by atoms with Gasteiger partial charge in [-0.3, -0.25) is 5.10 Å². The summed E-state index contributed by atoms with van der Waals surface area (Å²) in [5.41, 5.74) is 1.62. The van der Waals surface area contributed by atoms with Crippen LogP contribution >= 0.6 is 15.9 Å². The molecule has 1 saturated heterocycles. The number of nitrogens with zero attached hydrogens (tertiary/aromatic N) is 4. The lowest BCUT2D eigenvalue weighted by Gasteiger charge is -2.13. The van der Waals surface area contributed by atoms with Crippen LogP contribution < -0.4 is 10.6 Å². The number of halogens is 1. The van der Waals surface area contributed by atoms with E-state index < -0.39 is 6.09 Å². The van der Waals surface area contributed by atoms with Gasteiger partial charge >= 0.3 is 6.09 Å². The molecule has 2 atom stereocenters. The second-order valence-electron chi connectivity index (χ2n) is 6.78. The number of carbonyl (C=O) groups is 1. The van der Waals surface area contributed by atoms with Crippen LogP contribution in [0.4, 0.5) is 16.4 Å². The van der Waals surface area contributed by atoms with Crippen molar-refractivity contribution in [2.75, 3.05) is 11.9 Å². The van der Waals surface area contributed by atoms with Gasteiger partial charge < -0.3 is 20.1 Å². The summed E-state index contributed by atoms with van der Waals surface area (Å²) in [4.78, 5) is 16.1. The lowest BCUT2D eigenvalue weighted by molar-refractivity contribution is 0.0682. The van der Waals surface area contributed by atoms with Crippen LogP contribution in [0.15, 0.2) is 29.1 Å². The molecule has 3 aromatic rings. The lowest BCUT2D eigenvalue weighted by atomic mass is 10.1. The maximum absolute atomic E-state index is 11.7. The molecule has 3 N–H and O–H groups in total. The Morgan fingerprint density at radius 1 is 1.50 bits per heavy atom. The van der Waals surface area contributed by atoms with Gasteiger partial charge in [0.05, 0.1) is 23.0 Å². The fourth-order valence-corrected chi connectivity index (χ4v) is 3.47. The standard InChI is InChI=1S/C17H20BrN7O3/c1-9(2)21-17(26)28-10-5-13(27-8-10)12-6-14(24-23-12)22-16-15-11(18)7-20-25(15)4-3-19-16/h3-4,6-7,9-10,13H,5,8H2,1-2H3,(H,21,26)(H2,19,22,23,24). The van der Waals surface area contributed by atoms with Gasteiger partial charge in [-0.05, 0) is 29.8 Å². The fourth-order valence-electron chi connectivity index (χ4n) is 3.00. The van der Waals surface area contributed by atoms with Crippen LogP contribution in [-0.2, 0) is 9.47 Å². The maximum atomic E-state index is 11.7. The summed E-state index contributed by atoms with van der Waals surface area (Å²) < 4.78 is 13.7. The Morgan fingerprint density at radius 3 is 3.18 bits per heavy atom. The predicted molar refractivity (Wildman–Crippen MR) is 104 cm³/mol. The second-order valence-corrected chi connectivity index (χ2v) is 7.63. The number of ether oxygens (including phenoxy) is 2. The number of carbonyl (C=O) groups excluding carboxylic acids is 1. The highest BCUT2D eigenvalue weighted by molar-refractivity contribution is 9.10. The van der Waals surface area contributed by atoms with Gasteiger partial charge in [-0.1, -0.05) is 0 Å². The number of alkyl carbamates (subject to hydrolysis) is 1. The first kappa shape index (κ1) is 18.7. The van der Waals surface area contributed by atoms with Gasteiger partial charge in [0.2, 0.25) is 0 Å². The van der Waals surface area contributed by atoms with Crippen molar-refractivity contribution >= 4 is 39.2 Å². The number of hydrogen-bond acceptors (Lipinski definition) is 7. The van der Waals surface area contributed by atoms with E-state index in [1.807, 2.05) is 19.9 Å². The van der Waals surface area contributed by atoms with Crippen LogP contribution in [0.2, 0.25) is 0 Å². The van der Waals surface area contributed by atoms with Crippen molar-refractivity contribution in [1.82, 2.24) is 30.1 Å². The van der Waals surface area contributed by atoms with Gasteiger partial charge in [0.15, 0.2) is 11.6 Å². The van der Waals surface area contributed by atoms with Crippen molar-refractivity contribution in [1.29, 1.82) is 0 Å². The minimum atomic E-state index is -0.429. The predicted octanol–water partition coefficient (Wildman–Crippen LogP) is 2.92. The number of anilines is 2. The largest absolute Gasteiger partial charge is 0.444 e. The van der Waals surface area contributed by atoms with Gasteiger partial charge in [-0.2, -0.15) is 10.2 Å². The van der Waals surface area contributed by atoms with E-state index in [1.165, 1.54) is 0 Å². The van der Waals surface area contributed by atoms with Crippen molar-refractivity contribution in [3.05, 3.63) is 34.8 Å². The van der Waals surface area contributed by atoms with Crippen molar-refractivity contribution in [3.63, 3.8) is 0 Å². The average Bonchev–Trinajstić information content (AvgIpc) is 3.35. The highest BCUT2D eigenvalue weighted by atomic mass is 79.9. The molecule has 0 radical (unpaired) electrons. The number of nitrogens with one attached hydrogen (secondary N) is 3. The molecule has 0 spiro atoms. The smallest absolute Gasteiger partial charge is 0.407 e. The third-order valence-corrected chi connectivity index (χ3v) is 4.80. The number of aromatic nitrogens is 5. The highest BCUT2D eigenvalue weighted by Crippen LogP contribution is 2.31. The van der Waals surface area contributed by atoms with E-state index in [4.69, 9.17) is 9.47 Å². The minimum absolute atomic E-state index is 0.0285. The molecule has 0 saturated carbocycles. The van der Waals surface area contributed by atoms with Crippen LogP contribution in [0.5, 0.6) is 0 Å². The molecule has 11 heteroatoms. The molecular weight excluding hydrogens is 430 g/mol. The molecule has 148 valence electrons. The van der Waals surface area contributed by atoms with Crippen molar-refractivity contribution < 1.29 is 14.3 Å². The first-order valence-electron chi connectivity index (χ1n) is 8.88. The van der Waals surface area contributed by atoms with Gasteiger partial charge in [0.1, 0.15) is 17.7 Å². The molecule has 0 aliphatic carbocycles. The molecule has 1 aliphatic rings. The summed E-state index contributed by atoms with van der Waals surface area (Å²) in [5.74, 6) is 1.23. The highest BCUT2D eigenvalue weighted by Gasteiger charge is 2.31. The molecule has 0 aromatic carbocycles. The van der Waals surface area contributed by atoms with Gasteiger partial charge in [0.25, 0.3) is 0 Å². The molecule has 3 aromatic heterocycles. The van der Waals surface area contributed by atoms with E-state index in [-0.39, 0.29) is 18.2 Å². The van der Waals surface area contributed by atoms with E-state index in [1.54, 1.807) is 23.1 Å². The molecule has 0 bridgehead atoms. The molecule has 28 heavy (non-hydrogen) atoms. The van der Waals surface area contributed by atoms with Gasteiger partial charge in [-0.25, -0.2) is 14.3 Å². The second kappa shape index (κ2) is 7.76. The quantitative estimate of drug-likeness (QED) is 0.547. The molecule has 1 aliphatic heterocycles. The Kier molecular flexibility index (Phi) is 5.18. The van der Waals surface area contributed by atoms with Crippen LogP contribution in [0.25, 0.3) is 5.52 Å². The Balaban J connectivity index is 1.41. The first-order chi connectivity index (χ1) is 13.5. The Hall–Kier alpha value is -2.66. The summed E-state index contributed by atoms with van der Waals surface area (Å²) in [7, 11) is 0. The van der Waals surface area contributed by atoms with Crippen molar-refractivity contribution in [3.8, 4) is 0 Å². The van der Waals surface area contributed by atoms with E-state index >= 15 is 0 Å². The van der Waals surface area contributed by atoms with Crippen LogP contribution in [0.3, 0.4) is 0 Å². The molecule has 4 rings (SSSR count). The van der Waals surface area contributed by atoms with Gasteiger partial charge in [0, 0.05) is 30.9 Å². The number of amides is 1. The van der Waals surface area contributed by atoms with Crippen molar-refractivity contribution in [2.24, 2.45) is 0 Å². The SMILES string of the molecule is CC(C)NC(=O)OC1COC(c2cc(Nc3nccn4ncc(Br)c34)n[nH]2)C1. The molecular formula is C17H20BrN7O3. The van der Waals surface area contributed by atoms with E-state index in [2.05, 4.69) is 46.8 Å². The van der Waals surface area contributed by atoms with Crippen LogP contribution in [0, 0.1) is 0 Å². The Bertz CT molecular complexity index is 986. The van der Waals surface area contributed by atoms with E-state index in [0.717, 1.165) is 15.7 Å². The molecule has 10 nitrogen and oxygen atoms in total. The molecule has 2 unspecified atom stereocenters. The molecule has 1 amide bonds. The monoisotopic (exact) mass is 449 g/mol. The number of hydrogen-bond donors (Lipinski definition) is 3. The lowest BCUT2D eigenvalue weighted by Crippen LogP contribution is -2.33. The number of rotatable bonds is 5. The Labute approximate surface area is 169 Å². The van der Waals surface area contributed by atoms with Crippen LogP contribution in [0.1, 0.15) is 32.1 Å². The Morgan fingerprint density at radius 2 is 2.36 bits per heavy atom. The van der Waals surface area contributed by atoms with Gasteiger partial charge in [-0.15, -0.1) is 0 Å². The first-order valence-corrected chi connectivity index (χ1v) is 9.68. The summed E-state index contributed by atoms with van der Waals surface area (Å²) >= 11 is 3.47. The third kappa shape index (κ3) is 3.94. The number of aromatic amines is 1. The number of fused-ring (bicyclic) bond motifs is 1. The maximum Gasteiger partial charge on any atom is 0.407 e. The normalized spacial score (nSPS) is 19.3. The summed E-state index contributed by atoms with van der Waals surface area (Å²) in [6.45, 7) is 4.11. The zero-order valence-corrected chi connectivity index (χ0v) is 16.9. The molecule has 4 heterocycles. The topological polar surface area (TPSA) is 118 Å². The van der Waals surface area contributed by atoms with E-state index in [9.17, 15) is 4.79 Å². The molecule has 1 fully saturated rings. The average molecular weight is 450 g/mol. The number of H-pyrrole nitrogens is 1.